The summed E-state index contributed by atoms with van der Waals surface area (Å²) in [5, 5.41) is 10.4. The molecule has 1 aromatic rings. The number of nitrogen functional groups attached to an aromatic ring is 1. The van der Waals surface area contributed by atoms with Gasteiger partial charge in [-0.05, 0) is 44.5 Å². The average molecular weight is 321 g/mol. The van der Waals surface area contributed by atoms with Crippen molar-refractivity contribution in [2.24, 2.45) is 0 Å². The van der Waals surface area contributed by atoms with Crippen molar-refractivity contribution < 1.29 is 9.84 Å². The molecule has 0 radical (unpaired) electrons. The Kier molecular flexibility index (Phi) is 6.69. The van der Waals surface area contributed by atoms with Crippen LogP contribution in [-0.4, -0.2) is 60.3 Å². The minimum absolute atomic E-state index is 0.0925. The van der Waals surface area contributed by atoms with Gasteiger partial charge in [-0.3, -0.25) is 0 Å². The zero-order valence-corrected chi connectivity index (χ0v) is 14.7. The highest BCUT2D eigenvalue weighted by molar-refractivity contribution is 5.54. The van der Waals surface area contributed by atoms with Crippen molar-refractivity contribution in [1.29, 1.82) is 0 Å². The molecule has 0 saturated carbocycles. The lowest BCUT2D eigenvalue weighted by molar-refractivity contribution is 0.105. The van der Waals surface area contributed by atoms with E-state index >= 15 is 0 Å². The van der Waals surface area contributed by atoms with Crippen LogP contribution >= 0.6 is 0 Å². The van der Waals surface area contributed by atoms with Crippen molar-refractivity contribution in [3.63, 3.8) is 0 Å². The van der Waals surface area contributed by atoms with Crippen LogP contribution in [0.4, 0.5) is 5.69 Å². The maximum absolute atomic E-state index is 10.4. The van der Waals surface area contributed by atoms with Crippen LogP contribution in [0.3, 0.4) is 0 Å². The number of benzene rings is 1. The second-order valence-corrected chi connectivity index (χ2v) is 6.54. The normalized spacial score (nSPS) is 18.3. The zero-order valence-electron chi connectivity index (χ0n) is 14.7. The van der Waals surface area contributed by atoms with Crippen LogP contribution in [0.5, 0.6) is 5.75 Å². The molecule has 1 aromatic carbocycles. The molecule has 1 heterocycles. The van der Waals surface area contributed by atoms with E-state index in [9.17, 15) is 5.11 Å². The summed E-state index contributed by atoms with van der Waals surface area (Å²) in [4.78, 5) is 4.88. The lowest BCUT2D eigenvalue weighted by Gasteiger charge is -2.34. The first-order chi connectivity index (χ1) is 11.0. The predicted molar refractivity (Wildman–Crippen MR) is 94.7 cm³/mol. The van der Waals surface area contributed by atoms with E-state index < -0.39 is 6.10 Å². The second kappa shape index (κ2) is 8.52. The quantitative estimate of drug-likeness (QED) is 0.753. The van der Waals surface area contributed by atoms with E-state index in [1.54, 1.807) is 0 Å². The molecular weight excluding hydrogens is 290 g/mol. The first kappa shape index (κ1) is 18.0. The summed E-state index contributed by atoms with van der Waals surface area (Å²) in [5.74, 6) is 0.687. The molecule has 130 valence electrons. The summed E-state index contributed by atoms with van der Waals surface area (Å²) in [6.45, 7) is 12.6. The van der Waals surface area contributed by atoms with E-state index in [1.807, 2.05) is 32.0 Å². The standard InChI is InChI=1S/C18H31N3O2/c1-4-20-9-11-21(12-10-20)8-7-17(22)15-5-6-18(16(19)13-15)23-14(2)3/h5-6,13-14,17,22H,4,7-12,19H2,1-3H3. The van der Waals surface area contributed by atoms with Gasteiger partial charge in [-0.15, -0.1) is 0 Å². The van der Waals surface area contributed by atoms with Gasteiger partial charge >= 0.3 is 0 Å². The third-order valence-corrected chi connectivity index (χ3v) is 4.41. The maximum atomic E-state index is 10.4. The third kappa shape index (κ3) is 5.37. The van der Waals surface area contributed by atoms with Crippen LogP contribution in [0.2, 0.25) is 0 Å². The number of hydrogen-bond acceptors (Lipinski definition) is 5. The molecule has 0 spiro atoms. The second-order valence-electron chi connectivity index (χ2n) is 6.54. The Labute approximate surface area is 140 Å². The first-order valence-corrected chi connectivity index (χ1v) is 8.68. The minimum Gasteiger partial charge on any atom is -0.489 e. The van der Waals surface area contributed by atoms with Crippen LogP contribution in [0.15, 0.2) is 18.2 Å². The van der Waals surface area contributed by atoms with Gasteiger partial charge in [0, 0.05) is 32.7 Å². The summed E-state index contributed by atoms with van der Waals surface area (Å²) in [6.07, 6.45) is 0.347. The largest absolute Gasteiger partial charge is 0.489 e. The van der Waals surface area contributed by atoms with Gasteiger partial charge in [0.25, 0.3) is 0 Å². The van der Waals surface area contributed by atoms with E-state index in [1.165, 1.54) is 0 Å². The molecule has 1 fully saturated rings. The van der Waals surface area contributed by atoms with Crippen LogP contribution in [0.25, 0.3) is 0 Å². The van der Waals surface area contributed by atoms with Gasteiger partial charge in [-0.1, -0.05) is 13.0 Å². The molecular formula is C18H31N3O2. The molecule has 0 bridgehead atoms. The number of nitrogens with zero attached hydrogens (tertiary/aromatic N) is 2. The SMILES string of the molecule is CCN1CCN(CCC(O)c2ccc(OC(C)C)c(N)c2)CC1. The Hall–Kier alpha value is -1.30. The summed E-state index contributed by atoms with van der Waals surface area (Å²) in [5.41, 5.74) is 7.48. The van der Waals surface area contributed by atoms with E-state index in [0.717, 1.165) is 51.3 Å². The number of nitrogens with two attached hydrogens (primary N) is 1. The Balaban J connectivity index is 1.84. The number of anilines is 1. The minimum atomic E-state index is -0.477. The number of aliphatic hydroxyl groups is 1. The van der Waals surface area contributed by atoms with Gasteiger partial charge in [0.05, 0.1) is 17.9 Å². The Morgan fingerprint density at radius 2 is 1.83 bits per heavy atom. The number of piperazine rings is 1. The van der Waals surface area contributed by atoms with Crippen molar-refractivity contribution >= 4 is 5.69 Å². The highest BCUT2D eigenvalue weighted by Crippen LogP contribution is 2.27. The van der Waals surface area contributed by atoms with E-state index in [4.69, 9.17) is 10.5 Å². The van der Waals surface area contributed by atoms with Gasteiger partial charge in [0.2, 0.25) is 0 Å². The molecule has 1 unspecified atom stereocenters. The van der Waals surface area contributed by atoms with Gasteiger partial charge in [-0.25, -0.2) is 0 Å². The lowest BCUT2D eigenvalue weighted by Crippen LogP contribution is -2.46. The van der Waals surface area contributed by atoms with Gasteiger partial charge < -0.3 is 25.4 Å². The number of rotatable bonds is 7. The fourth-order valence-electron chi connectivity index (χ4n) is 2.94. The topological polar surface area (TPSA) is 62.0 Å². The lowest BCUT2D eigenvalue weighted by atomic mass is 10.0. The average Bonchev–Trinajstić information content (AvgIpc) is 2.54. The number of likely N-dealkylation sites (N-methyl/N-ethyl adjacent to an activating group) is 1. The maximum Gasteiger partial charge on any atom is 0.142 e. The van der Waals surface area contributed by atoms with Crippen molar-refractivity contribution in [3.8, 4) is 5.75 Å². The Morgan fingerprint density at radius 1 is 1.17 bits per heavy atom. The molecule has 0 aliphatic carbocycles. The fourth-order valence-corrected chi connectivity index (χ4v) is 2.94. The molecule has 5 heteroatoms. The fraction of sp³-hybridized carbons (Fsp3) is 0.667. The summed E-state index contributed by atoms with van der Waals surface area (Å²) in [6, 6.07) is 5.60. The molecule has 0 aromatic heterocycles. The van der Waals surface area contributed by atoms with E-state index in [2.05, 4.69) is 16.7 Å². The van der Waals surface area contributed by atoms with Crippen molar-refractivity contribution in [3.05, 3.63) is 23.8 Å². The van der Waals surface area contributed by atoms with E-state index in [-0.39, 0.29) is 6.10 Å². The molecule has 1 aliphatic heterocycles. The number of ether oxygens (including phenoxy) is 1. The Bertz CT molecular complexity index is 485. The molecule has 1 saturated heterocycles. The third-order valence-electron chi connectivity index (χ3n) is 4.41. The highest BCUT2D eigenvalue weighted by atomic mass is 16.5. The number of hydrogen-bond donors (Lipinski definition) is 2. The summed E-state index contributed by atoms with van der Waals surface area (Å²) in [7, 11) is 0. The van der Waals surface area contributed by atoms with Crippen molar-refractivity contribution in [1.82, 2.24) is 9.80 Å². The summed E-state index contributed by atoms with van der Waals surface area (Å²) < 4.78 is 5.64. The van der Waals surface area contributed by atoms with Gasteiger partial charge in [-0.2, -0.15) is 0 Å². The molecule has 1 aliphatic rings. The molecule has 1 atom stereocenters. The van der Waals surface area contributed by atoms with E-state index in [0.29, 0.717) is 11.4 Å². The van der Waals surface area contributed by atoms with Crippen molar-refractivity contribution in [2.75, 3.05) is 45.0 Å². The van der Waals surface area contributed by atoms with Gasteiger partial charge in [0.15, 0.2) is 0 Å². The molecule has 3 N–H and O–H groups in total. The van der Waals surface area contributed by atoms with Crippen LogP contribution in [0, 0.1) is 0 Å². The van der Waals surface area contributed by atoms with Gasteiger partial charge in [0.1, 0.15) is 5.75 Å². The molecule has 0 amide bonds. The first-order valence-electron chi connectivity index (χ1n) is 8.68. The molecule has 5 nitrogen and oxygen atoms in total. The van der Waals surface area contributed by atoms with Crippen molar-refractivity contribution in [2.45, 2.75) is 39.4 Å². The highest BCUT2D eigenvalue weighted by Gasteiger charge is 2.17. The predicted octanol–water partition coefficient (Wildman–Crippen LogP) is 2.12. The van der Waals surface area contributed by atoms with Crippen LogP contribution in [0.1, 0.15) is 38.9 Å². The monoisotopic (exact) mass is 321 g/mol. The smallest absolute Gasteiger partial charge is 0.142 e. The molecule has 2 rings (SSSR count). The van der Waals surface area contributed by atoms with Crippen LogP contribution in [-0.2, 0) is 0 Å². The zero-order chi connectivity index (χ0) is 16.8. The Morgan fingerprint density at radius 3 is 2.39 bits per heavy atom. The van der Waals surface area contributed by atoms with Crippen LogP contribution < -0.4 is 10.5 Å². The number of aliphatic hydroxyl groups excluding tert-OH is 1. The summed E-state index contributed by atoms with van der Waals surface area (Å²) >= 11 is 0. The molecule has 23 heavy (non-hydrogen) atoms.